The Morgan fingerprint density at radius 3 is 2.87 bits per heavy atom. The Labute approximate surface area is 141 Å². The molecule has 1 atom stereocenters. The van der Waals surface area contributed by atoms with Crippen molar-refractivity contribution < 1.29 is 14.3 Å². The fourth-order valence-electron chi connectivity index (χ4n) is 3.86. The second-order valence-corrected chi connectivity index (χ2v) is 7.88. The number of carbonyl (C=O) groups excluding carboxylic acids is 2. The highest BCUT2D eigenvalue weighted by Gasteiger charge is 2.41. The first-order valence-corrected chi connectivity index (χ1v) is 9.46. The summed E-state index contributed by atoms with van der Waals surface area (Å²) in [6.07, 6.45) is 9.39. The van der Waals surface area contributed by atoms with Crippen molar-refractivity contribution in [2.24, 2.45) is 5.41 Å². The van der Waals surface area contributed by atoms with Gasteiger partial charge in [-0.05, 0) is 37.5 Å². The van der Waals surface area contributed by atoms with E-state index < -0.39 is 0 Å². The lowest BCUT2D eigenvalue weighted by atomic mass is 9.88. The van der Waals surface area contributed by atoms with Crippen molar-refractivity contribution in [3.05, 3.63) is 15.8 Å². The second-order valence-electron chi connectivity index (χ2n) is 6.97. The van der Waals surface area contributed by atoms with Crippen LogP contribution in [0.2, 0.25) is 0 Å². The average Bonchev–Trinajstić information content (AvgIpc) is 3.16. The summed E-state index contributed by atoms with van der Waals surface area (Å²) in [5, 5.41) is 4.68. The Balaban J connectivity index is 1.66. The third-order valence-corrected chi connectivity index (χ3v) is 6.43. The molecule has 1 aromatic rings. The number of amides is 1. The number of esters is 1. The molecule has 0 aromatic carbocycles. The van der Waals surface area contributed by atoms with Crippen LogP contribution >= 0.6 is 11.3 Å². The van der Waals surface area contributed by atoms with Crippen LogP contribution in [0.25, 0.3) is 0 Å². The first-order chi connectivity index (χ1) is 11.1. The number of rotatable bonds is 7. The monoisotopic (exact) mass is 335 g/mol. The highest BCUT2D eigenvalue weighted by atomic mass is 32.1. The molecule has 5 heteroatoms. The van der Waals surface area contributed by atoms with Gasteiger partial charge < -0.3 is 10.1 Å². The van der Waals surface area contributed by atoms with Gasteiger partial charge in [-0.2, -0.15) is 0 Å². The van der Waals surface area contributed by atoms with Crippen LogP contribution in [0.4, 0.5) is 5.69 Å². The van der Waals surface area contributed by atoms with Crippen molar-refractivity contribution in [2.75, 3.05) is 12.4 Å². The minimum absolute atomic E-state index is 0.0146. The molecule has 1 aliphatic heterocycles. The largest absolute Gasteiger partial charge is 0.465 e. The highest BCUT2D eigenvalue weighted by molar-refractivity contribution is 7.11. The maximum atomic E-state index is 12.0. The van der Waals surface area contributed by atoms with Crippen molar-refractivity contribution in [1.82, 2.24) is 0 Å². The Bertz CT molecular complexity index is 603. The third-order valence-electron chi connectivity index (χ3n) is 5.29. The first kappa shape index (κ1) is 16.5. The average molecular weight is 335 g/mol. The smallest absolute Gasteiger partial charge is 0.340 e. The van der Waals surface area contributed by atoms with E-state index in [1.807, 2.05) is 5.38 Å². The molecule has 126 valence electrons. The lowest BCUT2D eigenvalue weighted by Gasteiger charge is -2.24. The first-order valence-electron chi connectivity index (χ1n) is 8.58. The molecule has 1 amide bonds. The molecule has 2 aliphatic rings. The van der Waals surface area contributed by atoms with E-state index in [0.29, 0.717) is 23.1 Å². The number of ether oxygens (including phenoxy) is 1. The Morgan fingerprint density at radius 1 is 1.43 bits per heavy atom. The molecule has 1 aliphatic carbocycles. The molecule has 3 rings (SSSR count). The van der Waals surface area contributed by atoms with Crippen molar-refractivity contribution in [3.63, 3.8) is 0 Å². The number of thiophene rings is 1. The molecule has 0 spiro atoms. The fraction of sp³-hybridized carbons (Fsp3) is 0.667. The van der Waals surface area contributed by atoms with E-state index in [1.165, 1.54) is 45.6 Å². The van der Waals surface area contributed by atoms with Crippen LogP contribution in [-0.2, 0) is 9.53 Å². The van der Waals surface area contributed by atoms with Gasteiger partial charge >= 0.3 is 5.97 Å². The number of nitrogens with one attached hydrogen (secondary N) is 1. The van der Waals surface area contributed by atoms with Crippen LogP contribution in [0, 0.1) is 5.41 Å². The zero-order valence-corrected chi connectivity index (χ0v) is 14.8. The third kappa shape index (κ3) is 3.44. The lowest BCUT2D eigenvalue weighted by Crippen LogP contribution is -2.23. The minimum atomic E-state index is -0.372. The van der Waals surface area contributed by atoms with Crippen LogP contribution < -0.4 is 5.32 Å². The fourth-order valence-corrected chi connectivity index (χ4v) is 4.99. The number of hydrogen-bond donors (Lipinski definition) is 1. The molecule has 1 N–H and O–H groups in total. The van der Waals surface area contributed by atoms with Gasteiger partial charge in [0.05, 0.1) is 18.4 Å². The van der Waals surface area contributed by atoms with E-state index in [9.17, 15) is 9.59 Å². The van der Waals surface area contributed by atoms with E-state index >= 15 is 0 Å². The summed E-state index contributed by atoms with van der Waals surface area (Å²) in [5.74, 6) is -0.108. The summed E-state index contributed by atoms with van der Waals surface area (Å²) < 4.78 is 4.81. The van der Waals surface area contributed by atoms with Gasteiger partial charge in [-0.25, -0.2) is 4.79 Å². The van der Waals surface area contributed by atoms with Crippen LogP contribution in [0.3, 0.4) is 0 Å². The number of methoxy groups -OCH3 is 1. The Morgan fingerprint density at radius 2 is 2.22 bits per heavy atom. The van der Waals surface area contributed by atoms with Gasteiger partial charge in [0.2, 0.25) is 5.91 Å². The van der Waals surface area contributed by atoms with Crippen molar-refractivity contribution in [1.29, 1.82) is 0 Å². The van der Waals surface area contributed by atoms with E-state index in [4.69, 9.17) is 4.74 Å². The normalized spacial score (nSPS) is 21.5. The van der Waals surface area contributed by atoms with Gasteiger partial charge in [-0.1, -0.05) is 19.8 Å². The summed E-state index contributed by atoms with van der Waals surface area (Å²) >= 11 is 1.57. The summed E-state index contributed by atoms with van der Waals surface area (Å²) in [4.78, 5) is 25.0. The second kappa shape index (κ2) is 6.63. The maximum absolute atomic E-state index is 12.0. The Kier molecular flexibility index (Phi) is 4.76. The van der Waals surface area contributed by atoms with Crippen LogP contribution in [0.1, 0.15) is 79.4 Å². The quantitative estimate of drug-likeness (QED) is 0.734. The van der Waals surface area contributed by atoms with Crippen molar-refractivity contribution in [3.8, 4) is 0 Å². The van der Waals surface area contributed by atoms with Crippen molar-refractivity contribution in [2.45, 2.75) is 64.2 Å². The molecule has 1 saturated carbocycles. The van der Waals surface area contributed by atoms with Crippen LogP contribution in [0.5, 0.6) is 0 Å². The van der Waals surface area contributed by atoms with Crippen LogP contribution in [-0.4, -0.2) is 19.0 Å². The lowest BCUT2D eigenvalue weighted by molar-refractivity contribution is -0.116. The van der Waals surface area contributed by atoms with E-state index in [0.717, 1.165) is 11.3 Å². The molecule has 1 unspecified atom stereocenters. The van der Waals surface area contributed by atoms with E-state index in [2.05, 4.69) is 12.2 Å². The van der Waals surface area contributed by atoms with Gasteiger partial charge in [-0.3, -0.25) is 4.79 Å². The number of fused-ring (bicyclic) bond motifs is 1. The topological polar surface area (TPSA) is 55.4 Å². The van der Waals surface area contributed by atoms with Gasteiger partial charge in [0, 0.05) is 22.6 Å². The molecule has 2 heterocycles. The molecular formula is C18H25NO3S. The molecule has 1 aromatic heterocycles. The van der Waals surface area contributed by atoms with Gasteiger partial charge in [0.25, 0.3) is 0 Å². The molecule has 23 heavy (non-hydrogen) atoms. The van der Waals surface area contributed by atoms with E-state index in [1.54, 1.807) is 11.3 Å². The Hall–Kier alpha value is -1.36. The molecule has 4 nitrogen and oxygen atoms in total. The molecule has 0 bridgehead atoms. The highest BCUT2D eigenvalue weighted by Crippen LogP contribution is 2.54. The number of anilines is 1. The molecule has 0 saturated heterocycles. The zero-order chi connectivity index (χ0) is 16.4. The van der Waals surface area contributed by atoms with Crippen LogP contribution in [0.15, 0.2) is 5.38 Å². The maximum Gasteiger partial charge on any atom is 0.340 e. The number of carbonyl (C=O) groups is 2. The standard InChI is InChI=1S/C18H25NO3S/c1-3-6-18(8-9-18)7-4-5-12-10-14(20)19-15-13(17(21)22-2)11-23-16(12)15/h11-12H,3-10H2,1-2H3,(H,19,20). The predicted octanol–water partition coefficient (Wildman–Crippen LogP) is 4.71. The van der Waals surface area contributed by atoms with E-state index in [-0.39, 0.29) is 17.8 Å². The van der Waals surface area contributed by atoms with Gasteiger partial charge in [-0.15, -0.1) is 11.3 Å². The summed E-state index contributed by atoms with van der Waals surface area (Å²) in [7, 11) is 1.37. The predicted molar refractivity (Wildman–Crippen MR) is 92.1 cm³/mol. The summed E-state index contributed by atoms with van der Waals surface area (Å²) in [5.41, 5.74) is 1.80. The summed E-state index contributed by atoms with van der Waals surface area (Å²) in [6, 6.07) is 0. The molecular weight excluding hydrogens is 310 g/mol. The molecule has 0 radical (unpaired) electrons. The molecule has 1 fully saturated rings. The van der Waals surface area contributed by atoms with Gasteiger partial charge in [0.1, 0.15) is 0 Å². The summed E-state index contributed by atoms with van der Waals surface area (Å²) in [6.45, 7) is 2.26. The van der Waals surface area contributed by atoms with Crippen molar-refractivity contribution >= 4 is 28.9 Å². The minimum Gasteiger partial charge on any atom is -0.465 e. The van der Waals surface area contributed by atoms with Gasteiger partial charge in [0.15, 0.2) is 0 Å². The number of hydrogen-bond acceptors (Lipinski definition) is 4. The SMILES string of the molecule is CCCC1(CCCC2CC(=O)Nc3c(C(=O)OC)csc32)CC1. The zero-order valence-electron chi connectivity index (χ0n) is 13.9.